The molecule has 0 aliphatic rings. The third kappa shape index (κ3) is 4.18. The predicted octanol–water partition coefficient (Wildman–Crippen LogP) is 5.11. The third-order valence-electron chi connectivity index (χ3n) is 5.13. The number of hydrogen-bond acceptors (Lipinski definition) is 6. The van der Waals surface area contributed by atoms with E-state index in [-0.39, 0.29) is 34.6 Å². The number of carbonyl (C=O) groups excluding carboxylic acids is 3. The summed E-state index contributed by atoms with van der Waals surface area (Å²) in [6.45, 7) is 11.5. The number of ether oxygens (including phenoxy) is 2. The SMILES string of the molecule is C=CCOC(=O)c1sc(NC(=O)c2c(C)c3ccccc3n2CC)c(C(=O)OCC)c1C. The van der Waals surface area contributed by atoms with Crippen LogP contribution in [0.5, 0.6) is 0 Å². The Kier molecular flexibility index (Phi) is 7.15. The molecule has 0 aliphatic heterocycles. The molecule has 1 N–H and O–H groups in total. The van der Waals surface area contributed by atoms with Crippen molar-refractivity contribution in [1.29, 1.82) is 0 Å². The molecule has 0 fully saturated rings. The first kappa shape index (κ1) is 23.3. The molecule has 0 aliphatic carbocycles. The number of thiophene rings is 1. The van der Waals surface area contributed by atoms with Crippen molar-refractivity contribution in [1.82, 2.24) is 4.57 Å². The van der Waals surface area contributed by atoms with Crippen LogP contribution in [0.1, 0.15) is 55.5 Å². The van der Waals surface area contributed by atoms with Gasteiger partial charge in [-0.1, -0.05) is 30.9 Å². The van der Waals surface area contributed by atoms with Crippen molar-refractivity contribution in [3.05, 3.63) is 64.2 Å². The topological polar surface area (TPSA) is 86.6 Å². The smallest absolute Gasteiger partial charge is 0.348 e. The van der Waals surface area contributed by atoms with Crippen LogP contribution in [0.4, 0.5) is 5.00 Å². The van der Waals surface area contributed by atoms with E-state index in [4.69, 9.17) is 9.47 Å². The number of esters is 2. The summed E-state index contributed by atoms with van der Waals surface area (Å²) in [5, 5.41) is 4.09. The Balaban J connectivity index is 2.06. The fourth-order valence-corrected chi connectivity index (χ4v) is 4.79. The second kappa shape index (κ2) is 9.82. The number of carbonyl (C=O) groups is 3. The molecule has 3 rings (SSSR count). The molecule has 0 bridgehead atoms. The fraction of sp³-hybridized carbons (Fsp3) is 0.292. The number of aryl methyl sites for hydroxylation is 2. The van der Waals surface area contributed by atoms with Crippen molar-refractivity contribution in [3.8, 4) is 0 Å². The van der Waals surface area contributed by atoms with E-state index >= 15 is 0 Å². The summed E-state index contributed by atoms with van der Waals surface area (Å²) in [5.41, 5.74) is 2.87. The molecule has 2 heterocycles. The van der Waals surface area contributed by atoms with E-state index in [0.29, 0.717) is 17.8 Å². The van der Waals surface area contributed by atoms with Gasteiger partial charge in [0, 0.05) is 17.4 Å². The second-order valence-electron chi connectivity index (χ2n) is 7.06. The van der Waals surface area contributed by atoms with Gasteiger partial charge in [-0.2, -0.15) is 0 Å². The zero-order valence-electron chi connectivity index (χ0n) is 18.6. The Labute approximate surface area is 190 Å². The Hall–Kier alpha value is -3.39. The van der Waals surface area contributed by atoms with Gasteiger partial charge < -0.3 is 19.4 Å². The van der Waals surface area contributed by atoms with Gasteiger partial charge in [-0.25, -0.2) is 9.59 Å². The first-order chi connectivity index (χ1) is 15.3. The third-order valence-corrected chi connectivity index (χ3v) is 6.31. The van der Waals surface area contributed by atoms with Crippen LogP contribution in [0, 0.1) is 13.8 Å². The van der Waals surface area contributed by atoms with Crippen LogP contribution in [-0.2, 0) is 16.0 Å². The van der Waals surface area contributed by atoms with Gasteiger partial charge in [-0.3, -0.25) is 4.79 Å². The molecule has 3 aromatic rings. The van der Waals surface area contributed by atoms with E-state index in [1.54, 1.807) is 13.8 Å². The van der Waals surface area contributed by atoms with Crippen LogP contribution in [0.2, 0.25) is 0 Å². The Bertz CT molecular complexity index is 1200. The normalized spacial score (nSPS) is 10.8. The Morgan fingerprint density at radius 3 is 2.47 bits per heavy atom. The molecule has 8 heteroatoms. The standard InChI is InChI=1S/C24H26N2O5S/c1-6-13-31-24(29)20-15(5)18(23(28)30-8-3)22(32-20)25-21(27)19-14(4)16-11-9-10-12-17(16)26(19)7-2/h6,9-12H,1,7-8,13H2,2-5H3,(H,25,27). The molecule has 1 aromatic carbocycles. The fourth-order valence-electron chi connectivity index (χ4n) is 3.71. The lowest BCUT2D eigenvalue weighted by atomic mass is 10.1. The number of amides is 1. The highest BCUT2D eigenvalue weighted by Gasteiger charge is 2.29. The van der Waals surface area contributed by atoms with E-state index in [2.05, 4.69) is 11.9 Å². The zero-order chi connectivity index (χ0) is 23.4. The highest BCUT2D eigenvalue weighted by atomic mass is 32.1. The first-order valence-electron chi connectivity index (χ1n) is 10.3. The molecular weight excluding hydrogens is 428 g/mol. The summed E-state index contributed by atoms with van der Waals surface area (Å²) >= 11 is 0.997. The largest absolute Gasteiger partial charge is 0.462 e. The van der Waals surface area contributed by atoms with Gasteiger partial charge >= 0.3 is 11.9 Å². The van der Waals surface area contributed by atoms with Crippen molar-refractivity contribution in [3.63, 3.8) is 0 Å². The van der Waals surface area contributed by atoms with Gasteiger partial charge in [0.2, 0.25) is 0 Å². The van der Waals surface area contributed by atoms with E-state index < -0.39 is 11.9 Å². The van der Waals surface area contributed by atoms with E-state index in [0.717, 1.165) is 27.8 Å². The highest BCUT2D eigenvalue weighted by molar-refractivity contribution is 7.18. The van der Waals surface area contributed by atoms with Crippen molar-refractivity contribution < 1.29 is 23.9 Å². The van der Waals surface area contributed by atoms with Gasteiger partial charge in [0.25, 0.3) is 5.91 Å². The maximum Gasteiger partial charge on any atom is 0.348 e. The number of para-hydroxylation sites is 1. The molecule has 32 heavy (non-hydrogen) atoms. The van der Waals surface area contributed by atoms with E-state index in [1.807, 2.05) is 42.7 Å². The molecular formula is C24H26N2O5S. The van der Waals surface area contributed by atoms with Crippen molar-refractivity contribution in [2.45, 2.75) is 34.2 Å². The van der Waals surface area contributed by atoms with Crippen molar-refractivity contribution >= 4 is 45.1 Å². The maximum absolute atomic E-state index is 13.4. The number of rotatable bonds is 8. The first-order valence-corrected chi connectivity index (χ1v) is 11.1. The minimum atomic E-state index is -0.605. The molecule has 0 saturated heterocycles. The van der Waals surface area contributed by atoms with E-state index in [9.17, 15) is 14.4 Å². The minimum absolute atomic E-state index is 0.0441. The molecule has 0 spiro atoms. The van der Waals surface area contributed by atoms with Gasteiger partial charge in [0.05, 0.1) is 12.2 Å². The van der Waals surface area contributed by atoms with Crippen LogP contribution < -0.4 is 5.32 Å². The van der Waals surface area contributed by atoms with Gasteiger partial charge in [0.15, 0.2) is 0 Å². The number of nitrogens with zero attached hydrogens (tertiary/aromatic N) is 1. The number of nitrogens with one attached hydrogen (secondary N) is 1. The lowest BCUT2D eigenvalue weighted by Gasteiger charge is -2.10. The quantitative estimate of drug-likeness (QED) is 0.377. The number of benzene rings is 1. The average molecular weight is 455 g/mol. The van der Waals surface area contributed by atoms with Crippen LogP contribution in [0.3, 0.4) is 0 Å². The Morgan fingerprint density at radius 2 is 1.81 bits per heavy atom. The monoisotopic (exact) mass is 454 g/mol. The van der Waals surface area contributed by atoms with Crippen LogP contribution in [0.15, 0.2) is 36.9 Å². The molecule has 0 unspecified atom stereocenters. The summed E-state index contributed by atoms with van der Waals surface area (Å²) in [6, 6.07) is 7.80. The predicted molar refractivity (Wildman–Crippen MR) is 126 cm³/mol. The van der Waals surface area contributed by atoms with Crippen molar-refractivity contribution in [2.75, 3.05) is 18.5 Å². The average Bonchev–Trinajstić information content (AvgIpc) is 3.26. The summed E-state index contributed by atoms with van der Waals surface area (Å²) in [4.78, 5) is 38.7. The summed E-state index contributed by atoms with van der Waals surface area (Å²) in [6.07, 6.45) is 1.46. The molecule has 0 atom stereocenters. The molecule has 168 valence electrons. The van der Waals surface area contributed by atoms with E-state index in [1.165, 1.54) is 6.08 Å². The number of anilines is 1. The number of aromatic nitrogens is 1. The highest BCUT2D eigenvalue weighted by Crippen LogP contribution is 2.35. The zero-order valence-corrected chi connectivity index (χ0v) is 19.4. The number of fused-ring (bicyclic) bond motifs is 1. The molecule has 1 amide bonds. The summed E-state index contributed by atoms with van der Waals surface area (Å²) < 4.78 is 12.2. The molecule has 7 nitrogen and oxygen atoms in total. The van der Waals surface area contributed by atoms with Crippen molar-refractivity contribution in [2.24, 2.45) is 0 Å². The lowest BCUT2D eigenvalue weighted by Crippen LogP contribution is -2.19. The van der Waals surface area contributed by atoms with Gasteiger partial charge in [-0.05, 0) is 44.9 Å². The maximum atomic E-state index is 13.4. The van der Waals surface area contributed by atoms with Gasteiger partial charge in [0.1, 0.15) is 22.2 Å². The summed E-state index contributed by atoms with van der Waals surface area (Å²) in [5.74, 6) is -1.55. The van der Waals surface area contributed by atoms with Crippen LogP contribution >= 0.6 is 11.3 Å². The number of hydrogen-bond donors (Lipinski definition) is 1. The lowest BCUT2D eigenvalue weighted by molar-refractivity contribution is 0.0527. The molecule has 2 aromatic heterocycles. The van der Waals surface area contributed by atoms with Crippen LogP contribution in [0.25, 0.3) is 10.9 Å². The minimum Gasteiger partial charge on any atom is -0.462 e. The Morgan fingerprint density at radius 1 is 1.09 bits per heavy atom. The summed E-state index contributed by atoms with van der Waals surface area (Å²) in [7, 11) is 0. The van der Waals surface area contributed by atoms with Gasteiger partial charge in [-0.15, -0.1) is 11.3 Å². The second-order valence-corrected chi connectivity index (χ2v) is 8.08. The van der Waals surface area contributed by atoms with Crippen LogP contribution in [-0.4, -0.2) is 35.6 Å². The molecule has 0 saturated carbocycles. The molecule has 0 radical (unpaired) electrons.